The molecule has 0 atom stereocenters. The standard InChI is InChI=1S/C11H23N5/c1-4-5-7-15(2)8-6-12-9-11-10-13-14-16(11)3/h10,12H,4-9H2,1-3H3. The molecule has 0 aliphatic carbocycles. The van der Waals surface area contributed by atoms with Gasteiger partial charge in [0.1, 0.15) is 0 Å². The Kier molecular flexibility index (Phi) is 6.03. The van der Waals surface area contributed by atoms with Gasteiger partial charge in [0.25, 0.3) is 0 Å². The van der Waals surface area contributed by atoms with E-state index < -0.39 is 0 Å². The smallest absolute Gasteiger partial charge is 0.0738 e. The number of nitrogens with zero attached hydrogens (tertiary/aromatic N) is 4. The molecule has 0 fully saturated rings. The zero-order chi connectivity index (χ0) is 11.8. The van der Waals surface area contributed by atoms with Crippen molar-refractivity contribution in [3.05, 3.63) is 11.9 Å². The van der Waals surface area contributed by atoms with E-state index in [0.717, 1.165) is 25.3 Å². The van der Waals surface area contributed by atoms with Gasteiger partial charge in [0, 0.05) is 26.7 Å². The maximum Gasteiger partial charge on any atom is 0.0738 e. The van der Waals surface area contributed by atoms with Crippen LogP contribution in [-0.4, -0.2) is 46.6 Å². The van der Waals surface area contributed by atoms with Crippen molar-refractivity contribution in [3.63, 3.8) is 0 Å². The molecule has 1 aromatic rings. The highest BCUT2D eigenvalue weighted by Gasteiger charge is 2.00. The van der Waals surface area contributed by atoms with E-state index in [-0.39, 0.29) is 0 Å². The zero-order valence-corrected chi connectivity index (χ0v) is 10.6. The summed E-state index contributed by atoms with van der Waals surface area (Å²) in [6.45, 7) is 6.34. The third-order valence-electron chi connectivity index (χ3n) is 2.68. The van der Waals surface area contributed by atoms with E-state index in [9.17, 15) is 0 Å². The highest BCUT2D eigenvalue weighted by Crippen LogP contribution is 1.93. The van der Waals surface area contributed by atoms with Gasteiger partial charge in [-0.15, -0.1) is 5.10 Å². The third-order valence-corrected chi connectivity index (χ3v) is 2.68. The van der Waals surface area contributed by atoms with Crippen LogP contribution in [0, 0.1) is 0 Å². The van der Waals surface area contributed by atoms with E-state index in [1.54, 1.807) is 10.9 Å². The van der Waals surface area contributed by atoms with Gasteiger partial charge in [-0.1, -0.05) is 18.6 Å². The third kappa shape index (κ3) is 4.72. The minimum absolute atomic E-state index is 0.838. The first-order valence-corrected chi connectivity index (χ1v) is 5.97. The molecule has 0 aliphatic heterocycles. The largest absolute Gasteiger partial charge is 0.310 e. The predicted octanol–water partition coefficient (Wildman–Crippen LogP) is 0.637. The van der Waals surface area contributed by atoms with Crippen LogP contribution in [0.1, 0.15) is 25.5 Å². The van der Waals surface area contributed by atoms with Crippen LogP contribution in [0.3, 0.4) is 0 Å². The molecular formula is C11H23N5. The summed E-state index contributed by atoms with van der Waals surface area (Å²) in [7, 11) is 4.08. The van der Waals surface area contributed by atoms with E-state index >= 15 is 0 Å². The van der Waals surface area contributed by atoms with E-state index in [2.05, 4.69) is 34.5 Å². The lowest BCUT2D eigenvalue weighted by Gasteiger charge is -2.16. The molecule has 0 saturated heterocycles. The Labute approximate surface area is 97.8 Å². The molecule has 0 unspecified atom stereocenters. The van der Waals surface area contributed by atoms with Gasteiger partial charge in [-0.2, -0.15) is 0 Å². The molecule has 1 aromatic heterocycles. The van der Waals surface area contributed by atoms with Crippen LogP contribution in [-0.2, 0) is 13.6 Å². The minimum Gasteiger partial charge on any atom is -0.310 e. The number of hydrogen-bond donors (Lipinski definition) is 1. The van der Waals surface area contributed by atoms with Crippen LogP contribution in [0.25, 0.3) is 0 Å². The molecule has 1 heterocycles. The summed E-state index contributed by atoms with van der Waals surface area (Å²) in [5.41, 5.74) is 1.12. The Morgan fingerprint density at radius 1 is 1.44 bits per heavy atom. The zero-order valence-electron chi connectivity index (χ0n) is 10.6. The van der Waals surface area contributed by atoms with Crippen molar-refractivity contribution >= 4 is 0 Å². The van der Waals surface area contributed by atoms with Crippen LogP contribution in [0.2, 0.25) is 0 Å². The Hall–Kier alpha value is -0.940. The van der Waals surface area contributed by atoms with Crippen molar-refractivity contribution in [2.75, 3.05) is 26.7 Å². The molecule has 92 valence electrons. The molecule has 0 spiro atoms. The summed E-state index contributed by atoms with van der Waals surface area (Å²) >= 11 is 0. The quantitative estimate of drug-likeness (QED) is 0.659. The lowest BCUT2D eigenvalue weighted by atomic mass is 10.3. The Morgan fingerprint density at radius 2 is 2.25 bits per heavy atom. The second-order valence-corrected chi connectivity index (χ2v) is 4.18. The maximum absolute atomic E-state index is 3.89. The van der Waals surface area contributed by atoms with Crippen molar-refractivity contribution < 1.29 is 0 Å². The van der Waals surface area contributed by atoms with Crippen molar-refractivity contribution in [1.29, 1.82) is 0 Å². The van der Waals surface area contributed by atoms with Crippen LogP contribution < -0.4 is 5.32 Å². The monoisotopic (exact) mass is 225 g/mol. The van der Waals surface area contributed by atoms with Crippen LogP contribution in [0.4, 0.5) is 0 Å². The SMILES string of the molecule is CCCCN(C)CCNCc1cnnn1C. The molecular weight excluding hydrogens is 202 g/mol. The fraction of sp³-hybridized carbons (Fsp3) is 0.818. The predicted molar refractivity (Wildman–Crippen MR) is 65.1 cm³/mol. The number of aromatic nitrogens is 3. The fourth-order valence-electron chi connectivity index (χ4n) is 1.50. The van der Waals surface area contributed by atoms with Gasteiger partial charge in [-0.3, -0.25) is 4.68 Å². The van der Waals surface area contributed by atoms with E-state index in [1.807, 2.05) is 7.05 Å². The highest BCUT2D eigenvalue weighted by molar-refractivity contribution is 4.91. The summed E-state index contributed by atoms with van der Waals surface area (Å²) in [5, 5.41) is 11.1. The first-order valence-electron chi connectivity index (χ1n) is 5.97. The molecule has 5 nitrogen and oxygen atoms in total. The van der Waals surface area contributed by atoms with Crippen molar-refractivity contribution in [2.24, 2.45) is 7.05 Å². The van der Waals surface area contributed by atoms with Crippen molar-refractivity contribution in [3.8, 4) is 0 Å². The summed E-state index contributed by atoms with van der Waals surface area (Å²) in [6, 6.07) is 0. The van der Waals surface area contributed by atoms with Crippen molar-refractivity contribution in [1.82, 2.24) is 25.2 Å². The van der Waals surface area contributed by atoms with Gasteiger partial charge in [0.15, 0.2) is 0 Å². The molecule has 1 rings (SSSR count). The molecule has 5 heteroatoms. The van der Waals surface area contributed by atoms with E-state index in [1.165, 1.54) is 19.4 Å². The van der Waals surface area contributed by atoms with Gasteiger partial charge in [0.05, 0.1) is 11.9 Å². The van der Waals surface area contributed by atoms with Crippen LogP contribution in [0.5, 0.6) is 0 Å². The Bertz CT molecular complexity index is 284. The fourth-order valence-corrected chi connectivity index (χ4v) is 1.50. The summed E-state index contributed by atoms with van der Waals surface area (Å²) in [6.07, 6.45) is 4.34. The number of rotatable bonds is 8. The van der Waals surface area contributed by atoms with E-state index in [4.69, 9.17) is 0 Å². The Balaban J connectivity index is 2.06. The second-order valence-electron chi connectivity index (χ2n) is 4.18. The van der Waals surface area contributed by atoms with Gasteiger partial charge in [0.2, 0.25) is 0 Å². The summed E-state index contributed by atoms with van der Waals surface area (Å²) in [5.74, 6) is 0. The van der Waals surface area contributed by atoms with Crippen molar-refractivity contribution in [2.45, 2.75) is 26.3 Å². The number of likely N-dealkylation sites (N-methyl/N-ethyl adjacent to an activating group) is 1. The Morgan fingerprint density at radius 3 is 2.88 bits per heavy atom. The maximum atomic E-state index is 3.89. The van der Waals surface area contributed by atoms with Gasteiger partial charge < -0.3 is 10.2 Å². The molecule has 1 N–H and O–H groups in total. The van der Waals surface area contributed by atoms with Gasteiger partial charge in [-0.25, -0.2) is 0 Å². The second kappa shape index (κ2) is 7.35. The first kappa shape index (κ1) is 13.1. The van der Waals surface area contributed by atoms with Gasteiger partial charge >= 0.3 is 0 Å². The lowest BCUT2D eigenvalue weighted by Crippen LogP contribution is -2.30. The summed E-state index contributed by atoms with van der Waals surface area (Å²) in [4.78, 5) is 2.36. The molecule has 0 aliphatic rings. The topological polar surface area (TPSA) is 46.0 Å². The molecule has 16 heavy (non-hydrogen) atoms. The minimum atomic E-state index is 0.838. The highest BCUT2D eigenvalue weighted by atomic mass is 15.4. The van der Waals surface area contributed by atoms with Crippen LogP contribution >= 0.6 is 0 Å². The number of hydrogen-bond acceptors (Lipinski definition) is 4. The number of nitrogens with one attached hydrogen (secondary N) is 1. The lowest BCUT2D eigenvalue weighted by molar-refractivity contribution is 0.325. The summed E-state index contributed by atoms with van der Waals surface area (Å²) < 4.78 is 1.80. The number of aryl methyl sites for hydroxylation is 1. The molecule has 0 aromatic carbocycles. The average Bonchev–Trinajstić information content (AvgIpc) is 2.67. The molecule has 0 amide bonds. The van der Waals surface area contributed by atoms with Gasteiger partial charge in [-0.05, 0) is 20.0 Å². The molecule has 0 bridgehead atoms. The molecule has 0 radical (unpaired) electrons. The first-order chi connectivity index (χ1) is 7.74. The molecule has 0 saturated carbocycles. The number of unbranched alkanes of at least 4 members (excludes halogenated alkanes) is 1. The average molecular weight is 225 g/mol. The van der Waals surface area contributed by atoms with Crippen LogP contribution in [0.15, 0.2) is 6.20 Å². The van der Waals surface area contributed by atoms with E-state index in [0.29, 0.717) is 0 Å². The normalized spacial score (nSPS) is 11.2.